The first-order chi connectivity index (χ1) is 11.1. The summed E-state index contributed by atoms with van der Waals surface area (Å²) in [6.07, 6.45) is 1.56. The van der Waals surface area contributed by atoms with Crippen molar-refractivity contribution in [2.45, 2.75) is 25.4 Å². The normalized spacial score (nSPS) is 21.9. The Labute approximate surface area is 134 Å². The number of anilines is 1. The fourth-order valence-corrected chi connectivity index (χ4v) is 3.75. The van der Waals surface area contributed by atoms with Crippen molar-refractivity contribution in [3.05, 3.63) is 23.4 Å². The van der Waals surface area contributed by atoms with Gasteiger partial charge in [-0.3, -0.25) is 4.79 Å². The van der Waals surface area contributed by atoms with Gasteiger partial charge in [-0.2, -0.15) is 0 Å². The quantitative estimate of drug-likeness (QED) is 0.809. The Morgan fingerprint density at radius 1 is 1.26 bits per heavy atom. The van der Waals surface area contributed by atoms with Crippen LogP contribution >= 0.6 is 0 Å². The number of pyridine rings is 1. The van der Waals surface area contributed by atoms with Crippen molar-refractivity contribution in [2.24, 2.45) is 7.05 Å². The van der Waals surface area contributed by atoms with Crippen LogP contribution in [0.4, 0.5) is 10.2 Å². The Hall–Kier alpha value is -2.11. The highest BCUT2D eigenvalue weighted by molar-refractivity contribution is 6.08. The van der Waals surface area contributed by atoms with Crippen molar-refractivity contribution in [3.63, 3.8) is 0 Å². The number of hydrogen-bond acceptors (Lipinski definition) is 3. The summed E-state index contributed by atoms with van der Waals surface area (Å²) in [5.74, 6) is 0.867. The topological polar surface area (TPSA) is 41.4 Å². The molecule has 0 N–H and O–H groups in total. The SMILES string of the molecule is CN1CCc2c(c3ccc(N4CCCC([18F])C4)nc3n2C)C1=O. The second-order valence-electron chi connectivity index (χ2n) is 6.58. The van der Waals surface area contributed by atoms with E-state index in [0.29, 0.717) is 13.0 Å². The summed E-state index contributed by atoms with van der Waals surface area (Å²) >= 11 is 0. The van der Waals surface area contributed by atoms with E-state index in [-0.39, 0.29) is 5.91 Å². The van der Waals surface area contributed by atoms with Crippen molar-refractivity contribution < 1.29 is 9.18 Å². The molecule has 0 aromatic carbocycles. The number of amides is 1. The van der Waals surface area contributed by atoms with Crippen LogP contribution in [0.25, 0.3) is 11.0 Å². The van der Waals surface area contributed by atoms with E-state index in [1.165, 1.54) is 0 Å². The molecule has 23 heavy (non-hydrogen) atoms. The maximum Gasteiger partial charge on any atom is 0.256 e. The third-order valence-electron chi connectivity index (χ3n) is 5.07. The van der Waals surface area contributed by atoms with Gasteiger partial charge in [0.15, 0.2) is 0 Å². The molecule has 4 heterocycles. The molecule has 2 aromatic rings. The number of nitrogens with zero attached hydrogens (tertiary/aromatic N) is 4. The average molecular weight is 315 g/mol. The number of piperidine rings is 1. The summed E-state index contributed by atoms with van der Waals surface area (Å²) in [6.45, 7) is 1.98. The van der Waals surface area contributed by atoms with Gasteiger partial charge in [-0.1, -0.05) is 0 Å². The molecule has 1 saturated heterocycles. The molecule has 0 spiro atoms. The highest BCUT2D eigenvalue weighted by atomic mass is 18.2. The lowest BCUT2D eigenvalue weighted by Crippen LogP contribution is -2.36. The summed E-state index contributed by atoms with van der Waals surface area (Å²) in [5, 5.41) is 0.900. The van der Waals surface area contributed by atoms with Crippen LogP contribution in [0.2, 0.25) is 0 Å². The zero-order valence-electron chi connectivity index (χ0n) is 13.5. The molecule has 5 nitrogen and oxygen atoms in total. The Morgan fingerprint density at radius 2 is 2.09 bits per heavy atom. The molecule has 0 bridgehead atoms. The minimum atomic E-state index is -0.780. The van der Waals surface area contributed by atoms with E-state index in [4.69, 9.17) is 4.98 Å². The number of aryl methyl sites for hydroxylation is 1. The minimum absolute atomic E-state index is 0.0631. The Kier molecular flexibility index (Phi) is 3.28. The standard InChI is InChI=1S/C17H21FN4O/c1-20-9-7-13-15(17(20)23)12-5-6-14(19-16(12)21(13)2)22-8-3-4-11(18)10-22/h5-6,11H,3-4,7-10H2,1-2H3/i18-1. The first kappa shape index (κ1) is 14.5. The van der Waals surface area contributed by atoms with Crippen LogP contribution in [0.1, 0.15) is 28.9 Å². The summed E-state index contributed by atoms with van der Waals surface area (Å²) < 4.78 is 15.7. The van der Waals surface area contributed by atoms with Crippen molar-refractivity contribution in [1.29, 1.82) is 0 Å². The van der Waals surface area contributed by atoms with Gasteiger partial charge >= 0.3 is 0 Å². The predicted octanol–water partition coefficient (Wildman–Crippen LogP) is 2.14. The van der Waals surface area contributed by atoms with Crippen LogP contribution in [-0.4, -0.2) is 53.2 Å². The minimum Gasteiger partial charge on any atom is -0.354 e. The van der Waals surface area contributed by atoms with Gasteiger partial charge < -0.3 is 14.4 Å². The summed E-state index contributed by atoms with van der Waals surface area (Å²) in [6, 6.07) is 3.89. The van der Waals surface area contributed by atoms with Gasteiger partial charge in [0, 0.05) is 44.7 Å². The fourth-order valence-electron chi connectivity index (χ4n) is 3.75. The maximum atomic E-state index is 13.7. The number of halogens is 1. The highest BCUT2D eigenvalue weighted by Gasteiger charge is 2.29. The third-order valence-corrected chi connectivity index (χ3v) is 5.07. The molecule has 1 atom stereocenters. The smallest absolute Gasteiger partial charge is 0.256 e. The summed E-state index contributed by atoms with van der Waals surface area (Å²) in [4.78, 5) is 21.0. The molecule has 2 aliphatic heterocycles. The van der Waals surface area contributed by atoms with Gasteiger partial charge in [0.25, 0.3) is 5.91 Å². The average Bonchev–Trinajstić information content (AvgIpc) is 2.84. The number of likely N-dealkylation sites (N-methyl/N-ethyl adjacent to an activating group) is 1. The van der Waals surface area contributed by atoms with E-state index < -0.39 is 6.17 Å². The molecule has 122 valence electrons. The third kappa shape index (κ3) is 2.19. The number of aromatic nitrogens is 2. The molecule has 2 aliphatic rings. The molecule has 6 heteroatoms. The molecular formula is C17H21FN4O. The van der Waals surface area contributed by atoms with Crippen LogP contribution in [0.15, 0.2) is 12.1 Å². The Bertz CT molecular complexity index is 784. The molecule has 2 aromatic heterocycles. The van der Waals surface area contributed by atoms with E-state index in [1.807, 2.05) is 35.7 Å². The van der Waals surface area contributed by atoms with Gasteiger partial charge in [0.1, 0.15) is 17.6 Å². The zero-order valence-corrected chi connectivity index (χ0v) is 13.5. The first-order valence-electron chi connectivity index (χ1n) is 8.19. The van der Waals surface area contributed by atoms with E-state index in [1.54, 1.807) is 4.90 Å². The summed E-state index contributed by atoms with van der Waals surface area (Å²) in [5.41, 5.74) is 2.64. The Morgan fingerprint density at radius 3 is 2.87 bits per heavy atom. The number of fused-ring (bicyclic) bond motifs is 3. The molecule has 1 unspecified atom stereocenters. The lowest BCUT2D eigenvalue weighted by Gasteiger charge is -2.30. The van der Waals surface area contributed by atoms with Crippen LogP contribution in [0.5, 0.6) is 0 Å². The molecule has 0 radical (unpaired) electrons. The fraction of sp³-hybridized carbons (Fsp3) is 0.529. The zero-order chi connectivity index (χ0) is 16.1. The number of carbonyl (C=O) groups is 1. The lowest BCUT2D eigenvalue weighted by molar-refractivity contribution is 0.0781. The van der Waals surface area contributed by atoms with Gasteiger partial charge in [-0.05, 0) is 25.0 Å². The van der Waals surface area contributed by atoms with E-state index in [2.05, 4.69) is 0 Å². The second-order valence-corrected chi connectivity index (χ2v) is 6.58. The molecule has 0 saturated carbocycles. The van der Waals surface area contributed by atoms with Gasteiger partial charge in [-0.15, -0.1) is 0 Å². The van der Waals surface area contributed by atoms with Crippen LogP contribution < -0.4 is 4.90 Å². The van der Waals surface area contributed by atoms with E-state index >= 15 is 0 Å². The first-order valence-corrected chi connectivity index (χ1v) is 8.19. The van der Waals surface area contributed by atoms with Gasteiger partial charge in [0.05, 0.1) is 12.1 Å². The van der Waals surface area contributed by atoms with Crippen LogP contribution in [-0.2, 0) is 13.5 Å². The molecule has 1 fully saturated rings. The Balaban J connectivity index is 1.81. The molecule has 0 aliphatic carbocycles. The van der Waals surface area contributed by atoms with Crippen molar-refractivity contribution in [1.82, 2.24) is 14.5 Å². The number of rotatable bonds is 1. The molecular weight excluding hydrogens is 294 g/mol. The number of hydrogen-bond donors (Lipinski definition) is 0. The van der Waals surface area contributed by atoms with E-state index in [0.717, 1.165) is 54.0 Å². The number of carbonyl (C=O) groups excluding carboxylic acids is 1. The molecule has 1 amide bonds. The lowest BCUT2D eigenvalue weighted by atomic mass is 10.0. The van der Waals surface area contributed by atoms with Crippen molar-refractivity contribution in [3.8, 4) is 0 Å². The van der Waals surface area contributed by atoms with Gasteiger partial charge in [0.2, 0.25) is 0 Å². The largest absolute Gasteiger partial charge is 0.354 e. The van der Waals surface area contributed by atoms with Gasteiger partial charge in [-0.25, -0.2) is 9.37 Å². The molecule has 4 rings (SSSR count). The highest BCUT2D eigenvalue weighted by Crippen LogP contribution is 2.31. The van der Waals surface area contributed by atoms with Crippen LogP contribution in [0, 0.1) is 0 Å². The summed E-state index contributed by atoms with van der Waals surface area (Å²) in [7, 11) is 3.80. The maximum absolute atomic E-state index is 13.7. The van der Waals surface area contributed by atoms with Crippen molar-refractivity contribution >= 4 is 22.8 Å². The monoisotopic (exact) mass is 315 g/mol. The number of alkyl halides is 1. The van der Waals surface area contributed by atoms with E-state index in [9.17, 15) is 9.18 Å². The second kappa shape index (κ2) is 5.22. The predicted molar refractivity (Wildman–Crippen MR) is 87.7 cm³/mol. The van der Waals surface area contributed by atoms with Crippen molar-refractivity contribution in [2.75, 3.05) is 31.6 Å². The van der Waals surface area contributed by atoms with Crippen LogP contribution in [0.3, 0.4) is 0 Å².